The first-order valence-electron chi connectivity index (χ1n) is 8.63. The predicted molar refractivity (Wildman–Crippen MR) is 106 cm³/mol. The maximum Gasteiger partial charge on any atom is 0.422 e. The molecule has 0 spiro atoms. The lowest BCUT2D eigenvalue weighted by atomic mass is 10.2. The monoisotopic (exact) mass is 434 g/mol. The minimum Gasteiger partial charge on any atom is -0.484 e. The number of fused-ring (bicyclic) bond motifs is 2. The number of ether oxygens (including phenoxy) is 1. The lowest BCUT2D eigenvalue weighted by Gasteiger charge is -2.08. The lowest BCUT2D eigenvalue weighted by molar-refractivity contribution is -0.153. The van der Waals surface area contributed by atoms with Gasteiger partial charge in [-0.15, -0.1) is 0 Å². The zero-order valence-corrected chi connectivity index (χ0v) is 16.0. The third-order valence-electron chi connectivity index (χ3n) is 4.05. The van der Waals surface area contributed by atoms with Crippen LogP contribution in [-0.2, 0) is 11.3 Å². The summed E-state index contributed by atoms with van der Waals surface area (Å²) < 4.78 is 43.3. The number of carbonyl (C=O) groups excluding carboxylic acids is 1. The van der Waals surface area contributed by atoms with Crippen molar-refractivity contribution in [2.45, 2.75) is 12.7 Å². The smallest absolute Gasteiger partial charge is 0.422 e. The van der Waals surface area contributed by atoms with E-state index in [1.165, 1.54) is 29.1 Å². The van der Waals surface area contributed by atoms with Gasteiger partial charge < -0.3 is 10.1 Å². The molecule has 0 aliphatic heterocycles. The van der Waals surface area contributed by atoms with Gasteiger partial charge in [0.25, 0.3) is 5.56 Å². The molecule has 1 N–H and O–H groups in total. The molecular formula is C19H13F3N4O3S. The van der Waals surface area contributed by atoms with Gasteiger partial charge in [-0.2, -0.15) is 13.2 Å². The van der Waals surface area contributed by atoms with Crippen molar-refractivity contribution in [1.82, 2.24) is 14.5 Å². The number of rotatable bonds is 5. The van der Waals surface area contributed by atoms with Gasteiger partial charge in [-0.25, -0.2) is 9.97 Å². The number of halogens is 3. The number of alkyl halides is 3. The lowest BCUT2D eigenvalue weighted by Crippen LogP contribution is -2.27. The van der Waals surface area contributed by atoms with E-state index in [0.717, 1.165) is 11.3 Å². The molecule has 0 saturated heterocycles. The Hall–Kier alpha value is -3.47. The van der Waals surface area contributed by atoms with E-state index in [1.807, 2.05) is 0 Å². The van der Waals surface area contributed by atoms with Crippen molar-refractivity contribution in [3.8, 4) is 5.75 Å². The van der Waals surface area contributed by atoms with Crippen molar-refractivity contribution in [1.29, 1.82) is 0 Å². The average Bonchev–Trinajstić information content (AvgIpc) is 3.09. The first-order valence-corrected chi connectivity index (χ1v) is 9.44. The van der Waals surface area contributed by atoms with Gasteiger partial charge in [-0.05, 0) is 30.3 Å². The molecule has 7 nitrogen and oxygen atoms in total. The SMILES string of the molecule is O=C(Cn1cnc2ccccc2c1=O)Nc1nc2ccc(OCC(F)(F)F)cc2s1. The first kappa shape index (κ1) is 19.8. The first-order chi connectivity index (χ1) is 14.3. The van der Waals surface area contributed by atoms with Crippen LogP contribution in [0.1, 0.15) is 0 Å². The van der Waals surface area contributed by atoms with Gasteiger partial charge in [0.2, 0.25) is 5.91 Å². The Morgan fingerprint density at radius 3 is 2.77 bits per heavy atom. The zero-order chi connectivity index (χ0) is 21.3. The summed E-state index contributed by atoms with van der Waals surface area (Å²) >= 11 is 1.08. The molecule has 4 rings (SSSR count). The van der Waals surface area contributed by atoms with Crippen LogP contribution in [-0.4, -0.2) is 33.2 Å². The molecule has 154 valence electrons. The second-order valence-corrected chi connectivity index (χ2v) is 7.33. The summed E-state index contributed by atoms with van der Waals surface area (Å²) in [6, 6.07) is 11.1. The Labute approximate surface area is 170 Å². The molecule has 0 aliphatic carbocycles. The average molecular weight is 434 g/mol. The molecule has 2 aromatic heterocycles. The number of carbonyl (C=O) groups is 1. The molecular weight excluding hydrogens is 421 g/mol. The molecule has 0 atom stereocenters. The van der Waals surface area contributed by atoms with Crippen molar-refractivity contribution in [3.05, 3.63) is 59.1 Å². The Balaban J connectivity index is 1.48. The van der Waals surface area contributed by atoms with Crippen LogP contribution in [0.3, 0.4) is 0 Å². The number of anilines is 1. The molecule has 2 heterocycles. The quantitative estimate of drug-likeness (QED) is 0.519. The predicted octanol–water partition coefficient (Wildman–Crippen LogP) is 3.59. The fourth-order valence-corrected chi connectivity index (χ4v) is 3.66. The third kappa shape index (κ3) is 4.40. The molecule has 11 heteroatoms. The number of nitrogens with zero attached hydrogens (tertiary/aromatic N) is 3. The van der Waals surface area contributed by atoms with Crippen molar-refractivity contribution < 1.29 is 22.7 Å². The summed E-state index contributed by atoms with van der Waals surface area (Å²) in [7, 11) is 0. The van der Waals surface area contributed by atoms with Crippen LogP contribution in [0, 0.1) is 0 Å². The summed E-state index contributed by atoms with van der Waals surface area (Å²) in [5.41, 5.74) is 0.694. The third-order valence-corrected chi connectivity index (χ3v) is 4.99. The highest BCUT2D eigenvalue weighted by Gasteiger charge is 2.28. The van der Waals surface area contributed by atoms with Crippen LogP contribution in [0.15, 0.2) is 53.6 Å². The zero-order valence-electron chi connectivity index (χ0n) is 15.1. The number of nitrogens with one attached hydrogen (secondary N) is 1. The highest BCUT2D eigenvalue weighted by molar-refractivity contribution is 7.22. The molecule has 0 fully saturated rings. The van der Waals surface area contributed by atoms with E-state index in [4.69, 9.17) is 4.74 Å². The van der Waals surface area contributed by atoms with E-state index in [-0.39, 0.29) is 23.0 Å². The standard InChI is InChI=1S/C19H13F3N4O3S/c20-19(21,22)9-29-11-5-6-14-15(7-11)30-18(24-14)25-16(27)8-26-10-23-13-4-2-1-3-12(13)17(26)28/h1-7,10H,8-9H2,(H,24,25,27). The Bertz CT molecular complexity index is 1300. The molecule has 1 amide bonds. The van der Waals surface area contributed by atoms with Crippen molar-refractivity contribution in [2.24, 2.45) is 0 Å². The largest absolute Gasteiger partial charge is 0.484 e. The van der Waals surface area contributed by atoms with Gasteiger partial charge in [0.05, 0.1) is 27.4 Å². The van der Waals surface area contributed by atoms with Gasteiger partial charge in [0, 0.05) is 0 Å². The van der Waals surface area contributed by atoms with E-state index in [2.05, 4.69) is 15.3 Å². The van der Waals surface area contributed by atoms with Crippen molar-refractivity contribution in [2.75, 3.05) is 11.9 Å². The van der Waals surface area contributed by atoms with Crippen LogP contribution < -0.4 is 15.6 Å². The Morgan fingerprint density at radius 1 is 1.17 bits per heavy atom. The maximum absolute atomic E-state index is 12.5. The normalized spacial score (nSPS) is 11.7. The van der Waals surface area contributed by atoms with Crippen LogP contribution in [0.5, 0.6) is 5.75 Å². The molecule has 0 aliphatic rings. The molecule has 4 aromatic rings. The summed E-state index contributed by atoms with van der Waals surface area (Å²) in [5, 5.41) is 3.25. The van der Waals surface area contributed by atoms with Crippen LogP contribution in [0.25, 0.3) is 21.1 Å². The van der Waals surface area contributed by atoms with Gasteiger partial charge >= 0.3 is 6.18 Å². The Morgan fingerprint density at radius 2 is 1.97 bits per heavy atom. The number of hydrogen-bond donors (Lipinski definition) is 1. The van der Waals surface area contributed by atoms with Crippen molar-refractivity contribution >= 4 is 43.5 Å². The summed E-state index contributed by atoms with van der Waals surface area (Å²) in [6.07, 6.45) is -3.13. The highest BCUT2D eigenvalue weighted by atomic mass is 32.1. The molecule has 0 saturated carbocycles. The molecule has 0 unspecified atom stereocenters. The number of hydrogen-bond acceptors (Lipinski definition) is 6. The maximum atomic E-state index is 12.5. The van der Waals surface area contributed by atoms with Gasteiger partial charge in [-0.1, -0.05) is 23.5 Å². The van der Waals surface area contributed by atoms with E-state index in [0.29, 0.717) is 21.1 Å². The van der Waals surface area contributed by atoms with Crippen molar-refractivity contribution in [3.63, 3.8) is 0 Å². The number of amides is 1. The van der Waals surface area contributed by atoms with Gasteiger partial charge in [0.1, 0.15) is 12.3 Å². The van der Waals surface area contributed by atoms with Gasteiger partial charge in [0.15, 0.2) is 11.7 Å². The minimum absolute atomic E-state index is 0.0511. The number of thiazole rings is 1. The van der Waals surface area contributed by atoms with Gasteiger partial charge in [-0.3, -0.25) is 14.2 Å². The summed E-state index contributed by atoms with van der Waals surface area (Å²) in [6.45, 7) is -1.65. The van der Waals surface area contributed by atoms with E-state index in [1.54, 1.807) is 24.3 Å². The van der Waals surface area contributed by atoms with Crippen LogP contribution >= 0.6 is 11.3 Å². The highest BCUT2D eigenvalue weighted by Crippen LogP contribution is 2.30. The number of para-hydroxylation sites is 1. The second kappa shape index (κ2) is 7.75. The molecule has 0 bridgehead atoms. The van der Waals surface area contributed by atoms with Crippen LogP contribution in [0.2, 0.25) is 0 Å². The molecule has 30 heavy (non-hydrogen) atoms. The van der Waals surface area contributed by atoms with Crippen LogP contribution in [0.4, 0.5) is 18.3 Å². The number of aromatic nitrogens is 3. The fourth-order valence-electron chi connectivity index (χ4n) is 2.75. The summed E-state index contributed by atoms with van der Waals surface area (Å²) in [4.78, 5) is 33.2. The number of benzene rings is 2. The summed E-state index contributed by atoms with van der Waals surface area (Å²) in [5.74, 6) is -0.433. The second-order valence-electron chi connectivity index (χ2n) is 6.30. The van der Waals surface area contributed by atoms with E-state index >= 15 is 0 Å². The van der Waals surface area contributed by atoms with E-state index < -0.39 is 18.7 Å². The Kier molecular flexibility index (Phi) is 5.12. The topological polar surface area (TPSA) is 86.1 Å². The molecule has 0 radical (unpaired) electrons. The molecule has 2 aromatic carbocycles. The minimum atomic E-state index is -4.43. The van der Waals surface area contributed by atoms with E-state index in [9.17, 15) is 22.8 Å². The fraction of sp³-hybridized carbons (Fsp3) is 0.158.